The van der Waals surface area contributed by atoms with Crippen molar-refractivity contribution in [3.8, 4) is 6.07 Å². The monoisotopic (exact) mass is 304 g/mol. The number of rotatable bonds is 3. The molecule has 0 N–H and O–H groups in total. The Kier molecular flexibility index (Phi) is 4.91. The third kappa shape index (κ3) is 3.57. The lowest BCUT2D eigenvalue weighted by Gasteiger charge is -2.36. The summed E-state index contributed by atoms with van der Waals surface area (Å²) >= 11 is 0. The van der Waals surface area contributed by atoms with Crippen LogP contribution in [0.25, 0.3) is 0 Å². The van der Waals surface area contributed by atoms with E-state index >= 15 is 0 Å². The van der Waals surface area contributed by atoms with Crippen molar-refractivity contribution in [3.05, 3.63) is 29.6 Å². The fraction of sp³-hybridized carbons (Fsp3) is 0.588. The quantitative estimate of drug-likeness (QED) is 0.861. The zero-order valence-electron chi connectivity index (χ0n) is 12.6. The molecule has 118 valence electrons. The van der Waals surface area contributed by atoms with Crippen molar-refractivity contribution < 1.29 is 13.9 Å². The number of ether oxygens (including phenoxy) is 2. The second-order valence-electron chi connectivity index (χ2n) is 5.91. The number of nitrogens with zero attached hydrogens (tertiary/aromatic N) is 2. The Hall–Kier alpha value is -1.64. The van der Waals surface area contributed by atoms with E-state index in [4.69, 9.17) is 14.7 Å². The molecule has 2 aliphatic rings. The summed E-state index contributed by atoms with van der Waals surface area (Å²) in [6.45, 7) is 3.16. The second kappa shape index (κ2) is 7.08. The fourth-order valence-electron chi connectivity index (χ4n) is 3.15. The minimum Gasteiger partial charge on any atom is -0.381 e. The SMILES string of the molecule is N#Cc1ccc(N2CCC(OC3CCOCC3)CC2)c(F)c1. The molecular weight excluding hydrogens is 283 g/mol. The Morgan fingerprint density at radius 2 is 1.82 bits per heavy atom. The average Bonchev–Trinajstić information content (AvgIpc) is 2.56. The lowest BCUT2D eigenvalue weighted by Crippen LogP contribution is -2.39. The lowest BCUT2D eigenvalue weighted by atomic mass is 10.0. The summed E-state index contributed by atoms with van der Waals surface area (Å²) in [4.78, 5) is 2.04. The van der Waals surface area contributed by atoms with Crippen LogP contribution < -0.4 is 4.90 Å². The van der Waals surface area contributed by atoms with Gasteiger partial charge in [-0.1, -0.05) is 0 Å². The topological polar surface area (TPSA) is 45.5 Å². The van der Waals surface area contributed by atoms with Crippen LogP contribution in [0.2, 0.25) is 0 Å². The fourth-order valence-corrected chi connectivity index (χ4v) is 3.15. The molecule has 5 heteroatoms. The van der Waals surface area contributed by atoms with Gasteiger partial charge in [0.25, 0.3) is 0 Å². The molecular formula is C17H21FN2O2. The van der Waals surface area contributed by atoms with Gasteiger partial charge < -0.3 is 14.4 Å². The van der Waals surface area contributed by atoms with Gasteiger partial charge in [-0.2, -0.15) is 5.26 Å². The van der Waals surface area contributed by atoms with Crippen LogP contribution in [-0.4, -0.2) is 38.5 Å². The van der Waals surface area contributed by atoms with Gasteiger partial charge in [-0.15, -0.1) is 0 Å². The standard InChI is InChI=1S/C17H21FN2O2/c18-16-11-13(12-19)1-2-17(16)20-7-3-14(4-8-20)22-15-5-9-21-10-6-15/h1-2,11,14-15H,3-10H2. The Morgan fingerprint density at radius 3 is 2.45 bits per heavy atom. The van der Waals surface area contributed by atoms with E-state index in [0.717, 1.165) is 52.0 Å². The Labute approximate surface area is 130 Å². The van der Waals surface area contributed by atoms with Crippen molar-refractivity contribution >= 4 is 5.69 Å². The van der Waals surface area contributed by atoms with Gasteiger partial charge in [0.1, 0.15) is 5.82 Å². The van der Waals surface area contributed by atoms with Crippen LogP contribution in [0.5, 0.6) is 0 Å². The van der Waals surface area contributed by atoms with E-state index < -0.39 is 0 Å². The number of anilines is 1. The molecule has 22 heavy (non-hydrogen) atoms. The molecule has 0 aliphatic carbocycles. The van der Waals surface area contributed by atoms with E-state index in [0.29, 0.717) is 17.4 Å². The zero-order chi connectivity index (χ0) is 15.4. The first-order valence-electron chi connectivity index (χ1n) is 7.94. The highest BCUT2D eigenvalue weighted by Gasteiger charge is 2.25. The van der Waals surface area contributed by atoms with Crippen LogP contribution in [0.3, 0.4) is 0 Å². The molecule has 0 bridgehead atoms. The van der Waals surface area contributed by atoms with Gasteiger partial charge in [-0.25, -0.2) is 4.39 Å². The van der Waals surface area contributed by atoms with Crippen molar-refractivity contribution in [2.75, 3.05) is 31.2 Å². The van der Waals surface area contributed by atoms with Gasteiger partial charge in [0, 0.05) is 26.3 Å². The summed E-state index contributed by atoms with van der Waals surface area (Å²) in [5.41, 5.74) is 0.947. The zero-order valence-corrected chi connectivity index (χ0v) is 12.6. The van der Waals surface area contributed by atoms with Crippen LogP contribution in [0.15, 0.2) is 18.2 Å². The van der Waals surface area contributed by atoms with E-state index in [1.807, 2.05) is 11.0 Å². The summed E-state index contributed by atoms with van der Waals surface area (Å²) in [5.74, 6) is -0.317. The predicted octanol–water partition coefficient (Wildman–Crippen LogP) is 2.86. The largest absolute Gasteiger partial charge is 0.381 e. The van der Waals surface area contributed by atoms with E-state index in [-0.39, 0.29) is 11.9 Å². The molecule has 1 aromatic carbocycles. The molecule has 0 spiro atoms. The summed E-state index contributed by atoms with van der Waals surface area (Å²) < 4.78 is 25.5. The Morgan fingerprint density at radius 1 is 1.14 bits per heavy atom. The number of hydrogen-bond donors (Lipinski definition) is 0. The number of halogens is 1. The van der Waals surface area contributed by atoms with Gasteiger partial charge in [-0.3, -0.25) is 0 Å². The maximum absolute atomic E-state index is 14.1. The molecule has 0 aromatic heterocycles. The number of nitriles is 1. The highest BCUT2D eigenvalue weighted by atomic mass is 19.1. The number of benzene rings is 1. The van der Waals surface area contributed by atoms with Crippen molar-refractivity contribution in [2.24, 2.45) is 0 Å². The number of hydrogen-bond acceptors (Lipinski definition) is 4. The average molecular weight is 304 g/mol. The van der Waals surface area contributed by atoms with E-state index in [1.165, 1.54) is 6.07 Å². The van der Waals surface area contributed by atoms with Crippen LogP contribution in [0, 0.1) is 17.1 Å². The lowest BCUT2D eigenvalue weighted by molar-refractivity contribution is -0.0743. The van der Waals surface area contributed by atoms with E-state index in [9.17, 15) is 4.39 Å². The minimum atomic E-state index is -0.317. The van der Waals surface area contributed by atoms with Gasteiger partial charge in [0.05, 0.1) is 29.5 Å². The number of piperidine rings is 1. The third-order valence-electron chi connectivity index (χ3n) is 4.41. The molecule has 2 heterocycles. The predicted molar refractivity (Wildman–Crippen MR) is 81.3 cm³/mol. The maximum atomic E-state index is 14.1. The molecule has 4 nitrogen and oxygen atoms in total. The van der Waals surface area contributed by atoms with Crippen LogP contribution in [-0.2, 0) is 9.47 Å². The summed E-state index contributed by atoms with van der Waals surface area (Å²) in [6, 6.07) is 6.64. The Balaban J connectivity index is 1.54. The van der Waals surface area contributed by atoms with Crippen molar-refractivity contribution in [2.45, 2.75) is 37.9 Å². The summed E-state index contributed by atoms with van der Waals surface area (Å²) in [6.07, 6.45) is 4.36. The normalized spacial score (nSPS) is 20.8. The smallest absolute Gasteiger partial charge is 0.147 e. The van der Waals surface area contributed by atoms with Crippen LogP contribution in [0.1, 0.15) is 31.2 Å². The summed E-state index contributed by atoms with van der Waals surface area (Å²) in [5, 5.41) is 8.80. The van der Waals surface area contributed by atoms with Crippen molar-refractivity contribution in [1.82, 2.24) is 0 Å². The van der Waals surface area contributed by atoms with E-state index in [2.05, 4.69) is 0 Å². The first-order valence-corrected chi connectivity index (χ1v) is 7.94. The van der Waals surface area contributed by atoms with Gasteiger partial charge in [0.2, 0.25) is 0 Å². The first-order chi connectivity index (χ1) is 10.8. The van der Waals surface area contributed by atoms with Crippen LogP contribution >= 0.6 is 0 Å². The second-order valence-corrected chi connectivity index (χ2v) is 5.91. The molecule has 0 unspecified atom stereocenters. The molecule has 2 aliphatic heterocycles. The Bertz CT molecular complexity index is 544. The molecule has 2 fully saturated rings. The minimum absolute atomic E-state index is 0.265. The third-order valence-corrected chi connectivity index (χ3v) is 4.41. The van der Waals surface area contributed by atoms with Gasteiger partial charge >= 0.3 is 0 Å². The highest BCUT2D eigenvalue weighted by molar-refractivity contribution is 5.51. The molecule has 1 aromatic rings. The van der Waals surface area contributed by atoms with Gasteiger partial charge in [0.15, 0.2) is 0 Å². The highest BCUT2D eigenvalue weighted by Crippen LogP contribution is 2.26. The van der Waals surface area contributed by atoms with Crippen molar-refractivity contribution in [3.63, 3.8) is 0 Å². The van der Waals surface area contributed by atoms with Gasteiger partial charge in [-0.05, 0) is 43.9 Å². The molecule has 0 saturated carbocycles. The molecule has 0 atom stereocenters. The van der Waals surface area contributed by atoms with E-state index in [1.54, 1.807) is 12.1 Å². The molecule has 0 amide bonds. The maximum Gasteiger partial charge on any atom is 0.147 e. The summed E-state index contributed by atoms with van der Waals surface area (Å²) in [7, 11) is 0. The molecule has 2 saturated heterocycles. The molecule has 0 radical (unpaired) electrons. The van der Waals surface area contributed by atoms with Crippen LogP contribution in [0.4, 0.5) is 10.1 Å². The van der Waals surface area contributed by atoms with Crippen molar-refractivity contribution in [1.29, 1.82) is 5.26 Å². The molecule has 3 rings (SSSR count). The first kappa shape index (κ1) is 15.3.